The Hall–Kier alpha value is -0.0713. The summed E-state index contributed by atoms with van der Waals surface area (Å²) in [6.45, 7) is 1.45. The third-order valence-corrected chi connectivity index (χ3v) is 10.8. The number of rotatable bonds is 1. The fraction of sp³-hybridized carbons (Fsp3) is 0.824. The first-order valence-corrected chi connectivity index (χ1v) is 18.7. The van der Waals surface area contributed by atoms with Gasteiger partial charge < -0.3 is 0 Å². The summed E-state index contributed by atoms with van der Waals surface area (Å²) in [5.41, 5.74) is 2.56. The molecule has 0 radical (unpaired) electrons. The number of aromatic nitrogens is 1. The predicted octanol–water partition coefficient (Wildman–Crippen LogP) is 3.11. The Bertz CT molecular complexity index is 571. The molecule has 122 valence electrons. The van der Waals surface area contributed by atoms with Gasteiger partial charge in [0.2, 0.25) is 0 Å². The molecule has 0 N–H and O–H groups in total. The summed E-state index contributed by atoms with van der Waals surface area (Å²) in [6.07, 6.45) is 8.04. The zero-order valence-electron chi connectivity index (χ0n) is 14.0. The van der Waals surface area contributed by atoms with Gasteiger partial charge in [-0.2, -0.15) is 0 Å². The van der Waals surface area contributed by atoms with Gasteiger partial charge in [0.15, 0.2) is 0 Å². The Morgan fingerprint density at radius 1 is 0.955 bits per heavy atom. The second kappa shape index (κ2) is 5.21. The third kappa shape index (κ3) is 2.06. The van der Waals surface area contributed by atoms with E-state index >= 15 is 0 Å². The van der Waals surface area contributed by atoms with E-state index in [2.05, 4.69) is 20.0 Å². The van der Waals surface area contributed by atoms with Crippen LogP contribution in [0.3, 0.4) is 0 Å². The Morgan fingerprint density at radius 3 is 2.36 bits per heavy atom. The van der Waals surface area contributed by atoms with Gasteiger partial charge in [0.1, 0.15) is 0 Å². The van der Waals surface area contributed by atoms with Crippen LogP contribution in [0.2, 0.25) is 14.8 Å². The van der Waals surface area contributed by atoms with Gasteiger partial charge >= 0.3 is 137 Å². The van der Waals surface area contributed by atoms with Crippen LogP contribution in [0.5, 0.6) is 0 Å². The van der Waals surface area contributed by atoms with Crippen LogP contribution in [0.25, 0.3) is 0 Å². The normalized spacial score (nSPS) is 30.9. The fourth-order valence-corrected chi connectivity index (χ4v) is 9.09. The molecule has 0 unspecified atom stereocenters. The average molecular weight is 412 g/mol. The number of fused-ring (bicyclic) bond motifs is 3. The SMILES string of the molecule is [CH3][Sn]([CH3])([CH3])[c]1onc2c1CCC[C@@]21CCCCC12OCCO2. The molecule has 4 nitrogen and oxygen atoms in total. The van der Waals surface area contributed by atoms with Crippen molar-refractivity contribution in [3.8, 4) is 0 Å². The standard InChI is InChI=1S/C14H18NO3.3CH3.Sn/c1-2-7-14(16-8-9-17-14)13(5-1)6-3-4-11-10-18-15-12(11)13;;;;/h1-9H2;3*1H3;/t13-;;;;/m0..../s1. The van der Waals surface area contributed by atoms with Crippen molar-refractivity contribution in [1.29, 1.82) is 0 Å². The van der Waals surface area contributed by atoms with Crippen LogP contribution in [-0.4, -0.2) is 42.5 Å². The van der Waals surface area contributed by atoms with E-state index in [-0.39, 0.29) is 5.41 Å². The van der Waals surface area contributed by atoms with E-state index < -0.39 is 24.2 Å². The predicted molar refractivity (Wildman–Crippen MR) is 87.2 cm³/mol. The van der Waals surface area contributed by atoms with Crippen LogP contribution in [0.15, 0.2) is 4.52 Å². The van der Waals surface area contributed by atoms with Crippen molar-refractivity contribution in [2.45, 2.75) is 71.0 Å². The van der Waals surface area contributed by atoms with E-state index in [1.165, 1.54) is 34.3 Å². The molecule has 2 fully saturated rings. The quantitative estimate of drug-likeness (QED) is 0.666. The summed E-state index contributed by atoms with van der Waals surface area (Å²) < 4.78 is 19.7. The van der Waals surface area contributed by atoms with E-state index in [4.69, 9.17) is 14.0 Å². The van der Waals surface area contributed by atoms with E-state index in [1.54, 1.807) is 0 Å². The van der Waals surface area contributed by atoms with Gasteiger partial charge in [-0.25, -0.2) is 0 Å². The molecule has 4 rings (SSSR count). The van der Waals surface area contributed by atoms with Gasteiger partial charge in [0.25, 0.3) is 0 Å². The first kappa shape index (κ1) is 15.5. The Morgan fingerprint density at radius 2 is 1.64 bits per heavy atom. The van der Waals surface area contributed by atoms with Crippen molar-refractivity contribution in [3.05, 3.63) is 11.3 Å². The minimum absolute atomic E-state index is 0.0613. The summed E-state index contributed by atoms with van der Waals surface area (Å²) >= 11 is -2.27. The summed E-state index contributed by atoms with van der Waals surface area (Å²) in [6, 6.07) is 0. The zero-order valence-corrected chi connectivity index (χ0v) is 16.9. The molecule has 0 aromatic carbocycles. The van der Waals surface area contributed by atoms with Gasteiger partial charge in [-0.3, -0.25) is 0 Å². The number of hydrogen-bond acceptors (Lipinski definition) is 4. The molecule has 0 amide bonds. The molecular weight excluding hydrogens is 385 g/mol. The molecule has 22 heavy (non-hydrogen) atoms. The monoisotopic (exact) mass is 413 g/mol. The van der Waals surface area contributed by atoms with Gasteiger partial charge in [-0.15, -0.1) is 0 Å². The van der Waals surface area contributed by atoms with Gasteiger partial charge in [0.05, 0.1) is 0 Å². The van der Waals surface area contributed by atoms with Crippen LogP contribution in [0.1, 0.15) is 49.8 Å². The maximum absolute atomic E-state index is 6.24. The summed E-state index contributed by atoms with van der Waals surface area (Å²) in [5.74, 6) is -0.429. The molecule has 2 aliphatic carbocycles. The van der Waals surface area contributed by atoms with Crippen LogP contribution in [0.4, 0.5) is 0 Å². The van der Waals surface area contributed by atoms with E-state index in [0.717, 1.165) is 38.9 Å². The minimum atomic E-state index is -2.27. The average Bonchev–Trinajstić information content (AvgIpc) is 3.10. The molecular formula is C17H27NO3Sn. The Labute approximate surface area is 136 Å². The second-order valence-electron chi connectivity index (χ2n) is 8.18. The van der Waals surface area contributed by atoms with Crippen molar-refractivity contribution < 1.29 is 14.0 Å². The second-order valence-corrected chi connectivity index (χ2v) is 22.3. The Balaban J connectivity index is 1.86. The molecule has 1 saturated heterocycles. The summed E-state index contributed by atoms with van der Waals surface area (Å²) in [7, 11) is 0. The van der Waals surface area contributed by atoms with Crippen molar-refractivity contribution in [2.75, 3.05) is 13.2 Å². The molecule has 5 heteroatoms. The summed E-state index contributed by atoms with van der Waals surface area (Å²) in [4.78, 5) is 7.24. The molecule has 0 bridgehead atoms. The van der Waals surface area contributed by atoms with Crippen molar-refractivity contribution in [1.82, 2.24) is 5.16 Å². The molecule has 1 aliphatic heterocycles. The molecule has 2 spiro atoms. The van der Waals surface area contributed by atoms with Gasteiger partial charge in [0, 0.05) is 0 Å². The number of nitrogens with zero attached hydrogens (tertiary/aromatic N) is 1. The third-order valence-electron chi connectivity index (χ3n) is 5.80. The molecule has 1 aromatic heterocycles. The molecule has 1 saturated carbocycles. The maximum atomic E-state index is 6.24. The van der Waals surface area contributed by atoms with E-state index in [1.807, 2.05) is 0 Å². The van der Waals surface area contributed by atoms with E-state index in [9.17, 15) is 0 Å². The number of hydrogen-bond donors (Lipinski definition) is 0. The Kier molecular flexibility index (Phi) is 3.66. The molecule has 1 atom stereocenters. The number of ether oxygens (including phenoxy) is 2. The fourth-order valence-electron chi connectivity index (χ4n) is 4.90. The van der Waals surface area contributed by atoms with Crippen molar-refractivity contribution >= 4 is 22.2 Å². The molecule has 2 heterocycles. The van der Waals surface area contributed by atoms with Crippen LogP contribution < -0.4 is 3.78 Å². The van der Waals surface area contributed by atoms with Crippen LogP contribution >= 0.6 is 0 Å². The molecule has 1 aromatic rings. The van der Waals surface area contributed by atoms with Gasteiger partial charge in [-0.05, 0) is 0 Å². The van der Waals surface area contributed by atoms with Crippen molar-refractivity contribution in [3.63, 3.8) is 0 Å². The van der Waals surface area contributed by atoms with Crippen molar-refractivity contribution in [2.24, 2.45) is 0 Å². The van der Waals surface area contributed by atoms with E-state index in [0.29, 0.717) is 0 Å². The van der Waals surface area contributed by atoms with Gasteiger partial charge in [-0.1, -0.05) is 0 Å². The first-order chi connectivity index (χ1) is 10.5. The molecule has 3 aliphatic rings. The van der Waals surface area contributed by atoms with Crippen LogP contribution in [0, 0.1) is 0 Å². The summed E-state index contributed by atoms with van der Waals surface area (Å²) in [5, 5.41) is 4.64. The zero-order chi connectivity index (χ0) is 15.4. The first-order valence-electron chi connectivity index (χ1n) is 8.76. The topological polar surface area (TPSA) is 44.5 Å². The van der Waals surface area contributed by atoms with Crippen LogP contribution in [-0.2, 0) is 21.3 Å².